The third kappa shape index (κ3) is 2.74. The molecule has 0 saturated heterocycles. The zero-order chi connectivity index (χ0) is 17.6. The number of rotatable bonds is 2. The molecule has 0 unspecified atom stereocenters. The van der Waals surface area contributed by atoms with Gasteiger partial charge in [-0.2, -0.15) is 0 Å². The molecule has 0 fully saturated rings. The first-order chi connectivity index (χ1) is 12.0. The first-order valence-corrected chi connectivity index (χ1v) is 7.72. The Morgan fingerprint density at radius 3 is 2.36 bits per heavy atom. The van der Waals surface area contributed by atoms with Gasteiger partial charge in [0.05, 0.1) is 0 Å². The molecule has 0 aromatic heterocycles. The van der Waals surface area contributed by atoms with Gasteiger partial charge in [-0.1, -0.05) is 12.1 Å². The van der Waals surface area contributed by atoms with Crippen LogP contribution >= 0.6 is 0 Å². The number of hydrogen-bond donors (Lipinski definition) is 2. The predicted octanol–water partition coefficient (Wildman–Crippen LogP) is 4.25. The lowest BCUT2D eigenvalue weighted by molar-refractivity contribution is 0.0966. The van der Waals surface area contributed by atoms with Gasteiger partial charge in [0.15, 0.2) is 0 Å². The predicted molar refractivity (Wildman–Crippen MR) is 90.1 cm³/mol. The summed E-state index contributed by atoms with van der Waals surface area (Å²) in [5, 5.41) is 12.5. The number of fused-ring (bicyclic) bond motifs is 1. The second kappa shape index (κ2) is 5.70. The van der Waals surface area contributed by atoms with Gasteiger partial charge in [0.25, 0.3) is 5.91 Å². The molecule has 1 aliphatic heterocycles. The summed E-state index contributed by atoms with van der Waals surface area (Å²) in [4.78, 5) is 12.1. The lowest BCUT2D eigenvalue weighted by Gasteiger charge is -2.12. The monoisotopic (exact) mass is 337 g/mol. The number of halogens is 2. The van der Waals surface area contributed by atoms with Crippen LogP contribution < -0.4 is 5.32 Å². The van der Waals surface area contributed by atoms with Crippen LogP contribution in [0.2, 0.25) is 0 Å². The van der Waals surface area contributed by atoms with Crippen LogP contribution in [0.1, 0.15) is 15.9 Å². The van der Waals surface area contributed by atoms with Gasteiger partial charge in [-0.3, -0.25) is 4.79 Å². The van der Waals surface area contributed by atoms with Crippen molar-refractivity contribution in [2.75, 3.05) is 0 Å². The van der Waals surface area contributed by atoms with E-state index in [0.29, 0.717) is 34.4 Å². The molecule has 0 saturated carbocycles. The molecular formula is C20H13F2NO2. The van der Waals surface area contributed by atoms with Gasteiger partial charge in [-0.15, -0.1) is 0 Å². The van der Waals surface area contributed by atoms with Crippen molar-refractivity contribution in [3.63, 3.8) is 0 Å². The maximum atomic E-state index is 13.7. The third-order valence-electron chi connectivity index (χ3n) is 4.27. The van der Waals surface area contributed by atoms with Gasteiger partial charge in [0.2, 0.25) is 0 Å². The summed E-state index contributed by atoms with van der Waals surface area (Å²) in [7, 11) is 0. The molecule has 0 aliphatic carbocycles. The fraction of sp³-hybridized carbons (Fsp3) is 0.0500. The lowest BCUT2D eigenvalue weighted by Crippen LogP contribution is -2.12. The van der Waals surface area contributed by atoms with Crippen molar-refractivity contribution in [2.45, 2.75) is 6.54 Å². The molecule has 25 heavy (non-hydrogen) atoms. The summed E-state index contributed by atoms with van der Waals surface area (Å²) in [5.74, 6) is -1.38. The Hall–Kier alpha value is -3.21. The molecule has 0 radical (unpaired) electrons. The number of phenols is 1. The van der Waals surface area contributed by atoms with E-state index in [4.69, 9.17) is 0 Å². The molecular weight excluding hydrogens is 324 g/mol. The molecule has 3 nitrogen and oxygen atoms in total. The number of aromatic hydroxyl groups is 1. The van der Waals surface area contributed by atoms with Gasteiger partial charge >= 0.3 is 0 Å². The largest absolute Gasteiger partial charge is 0.508 e. The van der Waals surface area contributed by atoms with Gasteiger partial charge in [-0.05, 0) is 64.2 Å². The van der Waals surface area contributed by atoms with E-state index in [9.17, 15) is 18.7 Å². The molecule has 4 rings (SSSR count). The van der Waals surface area contributed by atoms with Crippen LogP contribution in [-0.4, -0.2) is 11.0 Å². The van der Waals surface area contributed by atoms with Crippen LogP contribution in [0.15, 0.2) is 54.6 Å². The maximum absolute atomic E-state index is 13.7. The standard InChI is InChI=1S/C20H13F2NO2/c21-14-3-1-2-11(4-14)12-7-17(13-5-15(22)9-16(24)6-13)19-10-23-20(25)18(19)8-12/h1-9,24H,10H2,(H,23,25). The number of benzene rings is 3. The Morgan fingerprint density at radius 2 is 1.60 bits per heavy atom. The van der Waals surface area contributed by atoms with Gasteiger partial charge in [0, 0.05) is 18.2 Å². The average molecular weight is 337 g/mol. The Morgan fingerprint density at radius 1 is 0.840 bits per heavy atom. The fourth-order valence-corrected chi connectivity index (χ4v) is 3.15. The Balaban J connectivity index is 1.97. The zero-order valence-corrected chi connectivity index (χ0v) is 13.0. The normalized spacial score (nSPS) is 12.8. The van der Waals surface area contributed by atoms with Crippen molar-refractivity contribution in [1.82, 2.24) is 5.32 Å². The summed E-state index contributed by atoms with van der Waals surface area (Å²) in [6.45, 7) is 0.324. The minimum Gasteiger partial charge on any atom is -0.508 e. The van der Waals surface area contributed by atoms with Crippen LogP contribution in [0, 0.1) is 11.6 Å². The molecule has 0 spiro atoms. The highest BCUT2D eigenvalue weighted by molar-refractivity contribution is 6.02. The van der Waals surface area contributed by atoms with E-state index in [1.165, 1.54) is 24.3 Å². The summed E-state index contributed by atoms with van der Waals surface area (Å²) < 4.78 is 27.3. The molecule has 0 atom stereocenters. The summed E-state index contributed by atoms with van der Waals surface area (Å²) >= 11 is 0. The number of nitrogens with one attached hydrogen (secondary N) is 1. The highest BCUT2D eigenvalue weighted by atomic mass is 19.1. The Bertz CT molecular complexity index is 994. The highest BCUT2D eigenvalue weighted by Gasteiger charge is 2.24. The topological polar surface area (TPSA) is 49.3 Å². The minimum absolute atomic E-state index is 0.197. The third-order valence-corrected chi connectivity index (χ3v) is 4.27. The molecule has 1 amide bonds. The Labute approximate surface area is 142 Å². The second-order valence-electron chi connectivity index (χ2n) is 5.94. The molecule has 124 valence electrons. The van der Waals surface area contributed by atoms with Crippen molar-refractivity contribution in [3.8, 4) is 28.0 Å². The van der Waals surface area contributed by atoms with Crippen molar-refractivity contribution < 1.29 is 18.7 Å². The van der Waals surface area contributed by atoms with Gasteiger partial charge < -0.3 is 10.4 Å². The molecule has 0 bridgehead atoms. The molecule has 3 aromatic rings. The number of hydrogen-bond acceptors (Lipinski definition) is 2. The zero-order valence-electron chi connectivity index (χ0n) is 13.0. The maximum Gasteiger partial charge on any atom is 0.251 e. The molecule has 5 heteroatoms. The number of amides is 1. The van der Waals surface area contributed by atoms with Gasteiger partial charge in [-0.25, -0.2) is 8.78 Å². The first-order valence-electron chi connectivity index (χ1n) is 7.72. The van der Waals surface area contributed by atoms with Crippen LogP contribution in [0.5, 0.6) is 5.75 Å². The van der Waals surface area contributed by atoms with E-state index >= 15 is 0 Å². The summed E-state index contributed by atoms with van der Waals surface area (Å²) in [5.41, 5.74) is 3.56. The minimum atomic E-state index is -0.572. The first kappa shape index (κ1) is 15.3. The summed E-state index contributed by atoms with van der Waals surface area (Å²) in [6, 6.07) is 13.3. The van der Waals surface area contributed by atoms with Crippen molar-refractivity contribution in [2.24, 2.45) is 0 Å². The Kier molecular flexibility index (Phi) is 3.50. The highest BCUT2D eigenvalue weighted by Crippen LogP contribution is 2.36. The van der Waals surface area contributed by atoms with E-state index in [1.807, 2.05) is 0 Å². The van der Waals surface area contributed by atoms with E-state index in [-0.39, 0.29) is 17.5 Å². The van der Waals surface area contributed by atoms with Gasteiger partial charge in [0.1, 0.15) is 17.4 Å². The quantitative estimate of drug-likeness (QED) is 0.734. The van der Waals surface area contributed by atoms with Crippen LogP contribution in [-0.2, 0) is 6.54 Å². The summed E-state index contributed by atoms with van der Waals surface area (Å²) in [6.07, 6.45) is 0. The van der Waals surface area contributed by atoms with Crippen molar-refractivity contribution >= 4 is 5.91 Å². The second-order valence-corrected chi connectivity index (χ2v) is 5.94. The number of carbonyl (C=O) groups excluding carboxylic acids is 1. The smallest absolute Gasteiger partial charge is 0.251 e. The number of phenolic OH excluding ortho intramolecular Hbond substituents is 1. The number of carbonyl (C=O) groups is 1. The van der Waals surface area contributed by atoms with E-state index < -0.39 is 5.82 Å². The molecule has 2 N–H and O–H groups in total. The van der Waals surface area contributed by atoms with E-state index in [0.717, 1.165) is 11.6 Å². The van der Waals surface area contributed by atoms with Crippen LogP contribution in [0.3, 0.4) is 0 Å². The SMILES string of the molecule is O=C1NCc2c1cc(-c1cccc(F)c1)cc2-c1cc(O)cc(F)c1. The van der Waals surface area contributed by atoms with Crippen LogP contribution in [0.25, 0.3) is 22.3 Å². The fourth-order valence-electron chi connectivity index (χ4n) is 3.15. The van der Waals surface area contributed by atoms with Crippen molar-refractivity contribution in [1.29, 1.82) is 0 Å². The van der Waals surface area contributed by atoms with E-state index in [1.54, 1.807) is 24.3 Å². The average Bonchev–Trinajstić information content (AvgIpc) is 2.94. The van der Waals surface area contributed by atoms with Crippen LogP contribution in [0.4, 0.5) is 8.78 Å². The molecule has 1 aliphatic rings. The lowest BCUT2D eigenvalue weighted by atomic mass is 9.91. The molecule has 3 aromatic carbocycles. The molecule has 1 heterocycles. The van der Waals surface area contributed by atoms with E-state index in [2.05, 4.69) is 5.32 Å². The van der Waals surface area contributed by atoms with Crippen molar-refractivity contribution in [3.05, 3.63) is 77.4 Å².